The number of hydrogen-bond donors (Lipinski definition) is 1. The van der Waals surface area contributed by atoms with Gasteiger partial charge in [0.2, 0.25) is 5.91 Å². The highest BCUT2D eigenvalue weighted by atomic mass is 35.5. The van der Waals surface area contributed by atoms with Crippen molar-refractivity contribution in [2.45, 2.75) is 6.54 Å². The van der Waals surface area contributed by atoms with Gasteiger partial charge in [0.25, 0.3) is 5.91 Å². The van der Waals surface area contributed by atoms with Crippen molar-refractivity contribution in [3.63, 3.8) is 0 Å². The van der Waals surface area contributed by atoms with Crippen LogP contribution in [0.1, 0.15) is 15.9 Å². The van der Waals surface area contributed by atoms with Gasteiger partial charge in [-0.3, -0.25) is 9.59 Å². The number of nitrogens with zero attached hydrogens (tertiary/aromatic N) is 2. The third-order valence-electron chi connectivity index (χ3n) is 4.46. The average Bonchev–Trinajstić information content (AvgIpc) is 2.70. The molecule has 5 nitrogen and oxygen atoms in total. The van der Waals surface area contributed by atoms with Crippen LogP contribution in [0.3, 0.4) is 0 Å². The van der Waals surface area contributed by atoms with Crippen LogP contribution in [0.15, 0.2) is 48.5 Å². The van der Waals surface area contributed by atoms with Gasteiger partial charge in [0.1, 0.15) is 12.4 Å². The summed E-state index contributed by atoms with van der Waals surface area (Å²) < 4.78 is 13.2. The number of rotatable bonds is 5. The number of halogens is 2. The standard InChI is InChI=1S/C20H21ClFN3O2/c21-17-5-3-16(4-6-17)20(27)25(13-15-1-7-18(22)8-2-15)14-19(26)24-11-9-23-10-12-24/h1-8,23H,9-14H2. The number of carbonyl (C=O) groups excluding carboxylic acids is 2. The molecule has 0 spiro atoms. The quantitative estimate of drug-likeness (QED) is 0.855. The van der Waals surface area contributed by atoms with Crippen molar-refractivity contribution in [2.24, 2.45) is 0 Å². The molecule has 2 amide bonds. The second-order valence-electron chi connectivity index (χ2n) is 6.43. The predicted molar refractivity (Wildman–Crippen MR) is 102 cm³/mol. The van der Waals surface area contributed by atoms with E-state index in [4.69, 9.17) is 11.6 Å². The van der Waals surface area contributed by atoms with Crippen molar-refractivity contribution in [1.29, 1.82) is 0 Å². The van der Waals surface area contributed by atoms with Gasteiger partial charge in [0.15, 0.2) is 0 Å². The Bertz CT molecular complexity index is 790. The first-order valence-electron chi connectivity index (χ1n) is 8.81. The molecule has 0 aliphatic carbocycles. The molecule has 7 heteroatoms. The Kier molecular flexibility index (Phi) is 6.42. The summed E-state index contributed by atoms with van der Waals surface area (Å²) in [6, 6.07) is 12.5. The van der Waals surface area contributed by atoms with E-state index in [0.717, 1.165) is 18.7 Å². The molecule has 1 saturated heterocycles. The molecule has 2 aromatic carbocycles. The molecule has 1 fully saturated rings. The van der Waals surface area contributed by atoms with Gasteiger partial charge in [0, 0.05) is 43.3 Å². The number of piperazine rings is 1. The van der Waals surface area contributed by atoms with Crippen LogP contribution in [0.5, 0.6) is 0 Å². The number of nitrogens with one attached hydrogen (secondary N) is 1. The van der Waals surface area contributed by atoms with E-state index >= 15 is 0 Å². The van der Waals surface area contributed by atoms with E-state index in [1.807, 2.05) is 0 Å². The molecule has 0 radical (unpaired) electrons. The molecule has 3 rings (SSSR count). The first kappa shape index (κ1) is 19.3. The van der Waals surface area contributed by atoms with E-state index in [0.29, 0.717) is 23.7 Å². The summed E-state index contributed by atoms with van der Waals surface area (Å²) in [7, 11) is 0. The van der Waals surface area contributed by atoms with Crippen molar-refractivity contribution in [1.82, 2.24) is 15.1 Å². The van der Waals surface area contributed by atoms with Crippen molar-refractivity contribution >= 4 is 23.4 Å². The zero-order valence-corrected chi connectivity index (χ0v) is 15.6. The van der Waals surface area contributed by atoms with Gasteiger partial charge in [-0.2, -0.15) is 0 Å². The zero-order chi connectivity index (χ0) is 19.2. The molecule has 142 valence electrons. The zero-order valence-electron chi connectivity index (χ0n) is 14.8. The number of hydrogen-bond acceptors (Lipinski definition) is 3. The molecule has 0 aromatic heterocycles. The Morgan fingerprint density at radius 1 is 1.04 bits per heavy atom. The first-order chi connectivity index (χ1) is 13.0. The summed E-state index contributed by atoms with van der Waals surface area (Å²) in [5.41, 5.74) is 1.21. The monoisotopic (exact) mass is 389 g/mol. The summed E-state index contributed by atoms with van der Waals surface area (Å²) in [4.78, 5) is 28.9. The third-order valence-corrected chi connectivity index (χ3v) is 4.71. The molecular formula is C20H21ClFN3O2. The maximum atomic E-state index is 13.2. The number of amides is 2. The lowest BCUT2D eigenvalue weighted by atomic mass is 10.1. The van der Waals surface area contributed by atoms with Gasteiger partial charge >= 0.3 is 0 Å². The summed E-state index contributed by atoms with van der Waals surface area (Å²) >= 11 is 5.90. The normalized spacial score (nSPS) is 14.1. The molecular weight excluding hydrogens is 369 g/mol. The maximum absolute atomic E-state index is 13.2. The van der Waals surface area contributed by atoms with Crippen LogP contribution in [0.4, 0.5) is 4.39 Å². The number of benzene rings is 2. The highest BCUT2D eigenvalue weighted by Gasteiger charge is 2.23. The van der Waals surface area contributed by atoms with Crippen LogP contribution in [0.25, 0.3) is 0 Å². The fraction of sp³-hybridized carbons (Fsp3) is 0.300. The third kappa shape index (κ3) is 5.28. The van der Waals surface area contributed by atoms with Crippen LogP contribution >= 0.6 is 11.6 Å². The minimum absolute atomic E-state index is 0.0289. The van der Waals surface area contributed by atoms with Crippen LogP contribution < -0.4 is 5.32 Å². The Morgan fingerprint density at radius 2 is 1.67 bits per heavy atom. The first-order valence-corrected chi connectivity index (χ1v) is 9.18. The molecule has 0 unspecified atom stereocenters. The lowest BCUT2D eigenvalue weighted by Crippen LogP contribution is -2.50. The summed E-state index contributed by atoms with van der Waals surface area (Å²) in [5, 5.41) is 3.74. The second-order valence-corrected chi connectivity index (χ2v) is 6.86. The van der Waals surface area contributed by atoms with Crippen LogP contribution in [0.2, 0.25) is 5.02 Å². The van der Waals surface area contributed by atoms with Crippen molar-refractivity contribution < 1.29 is 14.0 Å². The molecule has 1 aliphatic heterocycles. The van der Waals surface area contributed by atoms with Gasteiger partial charge in [-0.15, -0.1) is 0 Å². The van der Waals surface area contributed by atoms with Crippen LogP contribution in [-0.2, 0) is 11.3 Å². The SMILES string of the molecule is O=C(CN(Cc1ccc(F)cc1)C(=O)c1ccc(Cl)cc1)N1CCNCC1. The Morgan fingerprint density at radius 3 is 2.30 bits per heavy atom. The molecule has 2 aromatic rings. The molecule has 1 heterocycles. The Hall–Kier alpha value is -2.44. The highest BCUT2D eigenvalue weighted by Crippen LogP contribution is 2.15. The van der Waals surface area contributed by atoms with E-state index < -0.39 is 0 Å². The van der Waals surface area contributed by atoms with Crippen LogP contribution in [-0.4, -0.2) is 54.3 Å². The van der Waals surface area contributed by atoms with E-state index in [-0.39, 0.29) is 30.7 Å². The average molecular weight is 390 g/mol. The van der Waals surface area contributed by atoms with Gasteiger partial charge in [-0.25, -0.2) is 4.39 Å². The predicted octanol–water partition coefficient (Wildman–Crippen LogP) is 2.55. The van der Waals surface area contributed by atoms with Crippen molar-refractivity contribution in [3.8, 4) is 0 Å². The summed E-state index contributed by atoms with van der Waals surface area (Å²) in [5.74, 6) is -0.702. The van der Waals surface area contributed by atoms with Crippen molar-refractivity contribution in [3.05, 3.63) is 70.5 Å². The maximum Gasteiger partial charge on any atom is 0.254 e. The topological polar surface area (TPSA) is 52.7 Å². The van der Waals surface area contributed by atoms with Gasteiger partial charge < -0.3 is 15.1 Å². The van der Waals surface area contributed by atoms with E-state index in [1.165, 1.54) is 17.0 Å². The van der Waals surface area contributed by atoms with Gasteiger partial charge in [-0.05, 0) is 42.0 Å². The molecule has 1 aliphatic rings. The second kappa shape index (κ2) is 8.97. The molecule has 0 atom stereocenters. The van der Waals surface area contributed by atoms with Crippen LogP contribution in [0, 0.1) is 5.82 Å². The van der Waals surface area contributed by atoms with Crippen molar-refractivity contribution in [2.75, 3.05) is 32.7 Å². The minimum Gasteiger partial charge on any atom is -0.339 e. The molecule has 27 heavy (non-hydrogen) atoms. The fourth-order valence-electron chi connectivity index (χ4n) is 2.96. The lowest BCUT2D eigenvalue weighted by molar-refractivity contribution is -0.132. The molecule has 0 bridgehead atoms. The Labute approximate surface area is 162 Å². The summed E-state index contributed by atoms with van der Waals surface area (Å²) in [6.45, 7) is 2.93. The molecule has 1 N–H and O–H groups in total. The van der Waals surface area contributed by atoms with E-state index in [2.05, 4.69) is 5.32 Å². The highest BCUT2D eigenvalue weighted by molar-refractivity contribution is 6.30. The number of carbonyl (C=O) groups is 2. The van der Waals surface area contributed by atoms with E-state index in [9.17, 15) is 14.0 Å². The fourth-order valence-corrected chi connectivity index (χ4v) is 3.09. The van der Waals surface area contributed by atoms with Gasteiger partial charge in [-0.1, -0.05) is 23.7 Å². The van der Waals surface area contributed by atoms with Gasteiger partial charge in [0.05, 0.1) is 0 Å². The lowest BCUT2D eigenvalue weighted by Gasteiger charge is -2.30. The van der Waals surface area contributed by atoms with E-state index in [1.54, 1.807) is 41.3 Å². The summed E-state index contributed by atoms with van der Waals surface area (Å²) in [6.07, 6.45) is 0. The minimum atomic E-state index is -0.341. The largest absolute Gasteiger partial charge is 0.339 e. The molecule has 0 saturated carbocycles. The Balaban J connectivity index is 1.78. The smallest absolute Gasteiger partial charge is 0.254 e.